The van der Waals surface area contributed by atoms with E-state index in [1.54, 1.807) is 51.1 Å². The number of ether oxygens (including phenoxy) is 1. The highest BCUT2D eigenvalue weighted by atomic mass is 16.6. The van der Waals surface area contributed by atoms with Gasteiger partial charge in [-0.3, -0.25) is 24.1 Å². The second-order valence-corrected chi connectivity index (χ2v) is 13.3. The third-order valence-corrected chi connectivity index (χ3v) is 9.22. The smallest absolute Gasteiger partial charge is 0.410 e. The number of carbonyl (C=O) groups is 5. The van der Waals surface area contributed by atoms with Crippen LogP contribution in [0.1, 0.15) is 85.0 Å². The van der Waals surface area contributed by atoms with Crippen LogP contribution in [0.15, 0.2) is 36.4 Å². The summed E-state index contributed by atoms with van der Waals surface area (Å²) in [6.45, 7) is 5.84. The second kappa shape index (κ2) is 11.5. The van der Waals surface area contributed by atoms with Gasteiger partial charge in [0, 0.05) is 13.0 Å². The molecule has 2 aliphatic carbocycles. The first-order valence-corrected chi connectivity index (χ1v) is 15.1. The van der Waals surface area contributed by atoms with Gasteiger partial charge in [-0.15, -0.1) is 0 Å². The van der Waals surface area contributed by atoms with E-state index in [-0.39, 0.29) is 23.2 Å². The lowest BCUT2D eigenvalue weighted by Gasteiger charge is -2.31. The molecule has 4 amide bonds. The van der Waals surface area contributed by atoms with Crippen molar-refractivity contribution in [1.82, 2.24) is 10.2 Å². The fourth-order valence-corrected chi connectivity index (χ4v) is 6.81. The molecule has 226 valence electrons. The van der Waals surface area contributed by atoms with Crippen molar-refractivity contribution in [2.75, 3.05) is 17.2 Å². The number of Topliss-reactive ketones (excluding diaryl/α,β-unsaturated/α-hetero) is 1. The van der Waals surface area contributed by atoms with Crippen LogP contribution in [0.2, 0.25) is 0 Å². The fourth-order valence-electron chi connectivity index (χ4n) is 6.81. The first-order valence-electron chi connectivity index (χ1n) is 15.1. The second-order valence-electron chi connectivity index (χ2n) is 13.3. The Morgan fingerprint density at radius 1 is 0.976 bits per heavy atom. The van der Waals surface area contributed by atoms with Crippen LogP contribution in [-0.2, 0) is 23.9 Å². The third kappa shape index (κ3) is 6.22. The fraction of sp³-hybridized carbons (Fsp3) is 0.594. The zero-order valence-corrected chi connectivity index (χ0v) is 24.8. The molecule has 42 heavy (non-hydrogen) atoms. The maximum Gasteiger partial charge on any atom is 0.410 e. The normalized spacial score (nSPS) is 28.5. The van der Waals surface area contributed by atoms with Crippen molar-refractivity contribution in [3.63, 3.8) is 0 Å². The minimum absolute atomic E-state index is 0.0959. The van der Waals surface area contributed by atoms with Crippen molar-refractivity contribution in [2.45, 2.75) is 103 Å². The van der Waals surface area contributed by atoms with Crippen LogP contribution >= 0.6 is 0 Å². The van der Waals surface area contributed by atoms with E-state index in [1.165, 1.54) is 4.90 Å². The van der Waals surface area contributed by atoms with Gasteiger partial charge in [-0.2, -0.15) is 0 Å². The number of anilines is 2. The predicted octanol–water partition coefficient (Wildman–Crippen LogP) is 4.71. The number of allylic oxidation sites excluding steroid dienone is 1. The Hall–Kier alpha value is -3.69. The first kappa shape index (κ1) is 29.8. The Kier molecular flexibility index (Phi) is 8.18. The molecule has 1 aromatic rings. The van der Waals surface area contributed by atoms with Gasteiger partial charge >= 0.3 is 6.09 Å². The van der Waals surface area contributed by atoms with Gasteiger partial charge in [-0.1, -0.05) is 30.7 Å². The molecule has 1 aromatic carbocycles. The lowest BCUT2D eigenvalue weighted by molar-refractivity contribution is -0.137. The van der Waals surface area contributed by atoms with E-state index in [0.717, 1.165) is 32.1 Å². The van der Waals surface area contributed by atoms with E-state index in [1.807, 2.05) is 6.08 Å². The molecule has 4 aliphatic rings. The number of ketones is 1. The quantitative estimate of drug-likeness (QED) is 0.344. The number of fused-ring (bicyclic) bond motifs is 2. The highest BCUT2D eigenvalue weighted by Crippen LogP contribution is 2.77. The molecule has 0 bridgehead atoms. The van der Waals surface area contributed by atoms with Crippen molar-refractivity contribution in [2.24, 2.45) is 10.8 Å². The monoisotopic (exact) mass is 578 g/mol. The lowest BCUT2D eigenvalue weighted by Crippen LogP contribution is -2.53. The average Bonchev–Trinajstić information content (AvgIpc) is 3.40. The molecule has 2 spiro atoms. The Labute approximate surface area is 247 Å². The minimum atomic E-state index is -1.12. The van der Waals surface area contributed by atoms with E-state index in [0.29, 0.717) is 43.6 Å². The minimum Gasteiger partial charge on any atom is -0.444 e. The summed E-state index contributed by atoms with van der Waals surface area (Å²) in [5.74, 6) is -2.32. The number of nitrogens with zero attached hydrogens (tertiary/aromatic N) is 1. The van der Waals surface area contributed by atoms with E-state index >= 15 is 0 Å². The summed E-state index contributed by atoms with van der Waals surface area (Å²) < 4.78 is 5.67. The zero-order valence-electron chi connectivity index (χ0n) is 24.8. The van der Waals surface area contributed by atoms with Crippen molar-refractivity contribution in [3.8, 4) is 0 Å². The molecular formula is C32H42N4O6. The third-order valence-electron chi connectivity index (χ3n) is 9.22. The molecule has 2 heterocycles. The standard InChI is InChI=1S/C32H42N4O6/c1-30(2,3)42-29(41)36-20-32(19-31(32)16-11-17-31)18-24(36)27(39)35-23-14-7-5-4-6-8-15-25(37)33-21-12-9-10-13-22(21)34-28(40)26(23)38/h5,7,9-10,12-13,23-24H,4,6,8,11,14-20H2,1-3H3,(H,33,37)(H,34,40)(H,35,39)/b7-5+/t23-,24+,32+/m1/s1. The molecule has 0 unspecified atom stereocenters. The number of benzene rings is 1. The van der Waals surface area contributed by atoms with Gasteiger partial charge in [0.05, 0.1) is 11.4 Å². The van der Waals surface area contributed by atoms with E-state index < -0.39 is 41.4 Å². The van der Waals surface area contributed by atoms with Crippen molar-refractivity contribution < 1.29 is 28.7 Å². The van der Waals surface area contributed by atoms with Crippen LogP contribution in [0.4, 0.5) is 16.2 Å². The van der Waals surface area contributed by atoms with E-state index in [2.05, 4.69) is 16.0 Å². The predicted molar refractivity (Wildman–Crippen MR) is 158 cm³/mol. The van der Waals surface area contributed by atoms with Crippen LogP contribution in [0.5, 0.6) is 0 Å². The summed E-state index contributed by atoms with van der Waals surface area (Å²) in [5.41, 5.74) is 0.0851. The van der Waals surface area contributed by atoms with Gasteiger partial charge < -0.3 is 20.7 Å². The molecule has 10 nitrogen and oxygen atoms in total. The molecule has 1 saturated heterocycles. The highest BCUT2D eigenvalue weighted by molar-refractivity contribution is 6.43. The molecule has 3 N–H and O–H groups in total. The molecule has 5 rings (SSSR count). The van der Waals surface area contributed by atoms with Gasteiger partial charge in [0.2, 0.25) is 17.6 Å². The summed E-state index contributed by atoms with van der Waals surface area (Å²) in [5, 5.41) is 8.24. The molecule has 2 aliphatic heterocycles. The SMILES string of the molecule is CC(C)(C)OC(=O)N1C[C@]2(C[C@H]1C(=O)N[C@@H]1C/C=C/CCCCC(=O)Nc3ccccc3NC(=O)C1=O)CC21CCC1. The summed E-state index contributed by atoms with van der Waals surface area (Å²) in [6.07, 6.45) is 10.7. The van der Waals surface area contributed by atoms with Crippen LogP contribution in [-0.4, -0.2) is 58.7 Å². The molecule has 3 fully saturated rings. The number of hydrogen-bond acceptors (Lipinski definition) is 6. The summed E-state index contributed by atoms with van der Waals surface area (Å²) >= 11 is 0. The molecule has 2 saturated carbocycles. The number of carbonyl (C=O) groups excluding carboxylic acids is 5. The van der Waals surface area contributed by atoms with Crippen molar-refractivity contribution in [1.29, 1.82) is 0 Å². The van der Waals surface area contributed by atoms with Crippen LogP contribution < -0.4 is 16.0 Å². The lowest BCUT2D eigenvalue weighted by atomic mass is 9.74. The Morgan fingerprint density at radius 2 is 1.69 bits per heavy atom. The van der Waals surface area contributed by atoms with E-state index in [9.17, 15) is 24.0 Å². The molecule has 0 aromatic heterocycles. The number of hydrogen-bond donors (Lipinski definition) is 3. The summed E-state index contributed by atoms with van der Waals surface area (Å²) in [7, 11) is 0. The first-order chi connectivity index (χ1) is 19.9. The largest absolute Gasteiger partial charge is 0.444 e. The summed E-state index contributed by atoms with van der Waals surface area (Å²) in [4.78, 5) is 67.6. The molecular weight excluding hydrogens is 536 g/mol. The van der Waals surface area contributed by atoms with Gasteiger partial charge in [-0.05, 0) is 95.1 Å². The van der Waals surface area contributed by atoms with Gasteiger partial charge in [-0.25, -0.2) is 4.79 Å². The number of amides is 4. The zero-order chi connectivity index (χ0) is 30.1. The maximum atomic E-state index is 13.8. The number of rotatable bonds is 2. The Bertz CT molecular complexity index is 1300. The van der Waals surface area contributed by atoms with Gasteiger partial charge in [0.1, 0.15) is 17.7 Å². The highest BCUT2D eigenvalue weighted by Gasteiger charge is 2.73. The van der Waals surface area contributed by atoms with Gasteiger partial charge in [0.15, 0.2) is 0 Å². The van der Waals surface area contributed by atoms with Crippen LogP contribution in [0, 0.1) is 10.8 Å². The topological polar surface area (TPSA) is 134 Å². The van der Waals surface area contributed by atoms with Crippen LogP contribution in [0.25, 0.3) is 0 Å². The van der Waals surface area contributed by atoms with Crippen molar-refractivity contribution >= 4 is 41.0 Å². The van der Waals surface area contributed by atoms with Gasteiger partial charge in [0.25, 0.3) is 5.91 Å². The van der Waals surface area contributed by atoms with Crippen molar-refractivity contribution in [3.05, 3.63) is 36.4 Å². The maximum absolute atomic E-state index is 13.8. The average molecular weight is 579 g/mol. The molecule has 0 radical (unpaired) electrons. The summed E-state index contributed by atoms with van der Waals surface area (Å²) in [6, 6.07) is 4.79. The number of likely N-dealkylation sites (tertiary alicyclic amines) is 1. The van der Waals surface area contributed by atoms with Crippen LogP contribution in [0.3, 0.4) is 0 Å². The number of para-hydroxylation sites is 2. The molecule has 3 atom stereocenters. The van der Waals surface area contributed by atoms with E-state index in [4.69, 9.17) is 4.74 Å². The Balaban J connectivity index is 1.35. The Morgan fingerprint density at radius 3 is 2.33 bits per heavy atom. The molecule has 10 heteroatoms. The number of nitrogens with one attached hydrogen (secondary N) is 3.